The van der Waals surface area contributed by atoms with E-state index in [0.717, 1.165) is 17.4 Å². The summed E-state index contributed by atoms with van der Waals surface area (Å²) in [6, 6.07) is 0. The topological polar surface area (TPSA) is 96.4 Å². The molecule has 0 radical (unpaired) electrons. The van der Waals surface area contributed by atoms with Crippen molar-refractivity contribution in [3.8, 4) is 0 Å². The van der Waals surface area contributed by atoms with Gasteiger partial charge in [-0.3, -0.25) is 4.72 Å². The number of carbonyl (C=O) groups is 1. The number of hydrogen-bond donors (Lipinski definition) is 2. The van der Waals surface area contributed by atoms with Crippen LogP contribution in [0.1, 0.15) is 18.2 Å². The number of hydrogen-bond acceptors (Lipinski definition) is 5. The molecule has 0 saturated heterocycles. The highest BCUT2D eigenvalue weighted by Gasteiger charge is 2.10. The smallest absolute Gasteiger partial charge is 0.328 e. The van der Waals surface area contributed by atoms with Gasteiger partial charge in [0, 0.05) is 17.2 Å². The molecule has 0 atom stereocenters. The molecule has 0 bridgehead atoms. The van der Waals surface area contributed by atoms with Gasteiger partial charge in [0.2, 0.25) is 10.0 Å². The Kier molecular flexibility index (Phi) is 4.64. The minimum absolute atomic E-state index is 0.0346. The van der Waals surface area contributed by atoms with Crippen molar-refractivity contribution in [2.45, 2.75) is 13.3 Å². The van der Waals surface area contributed by atoms with Crippen molar-refractivity contribution in [1.29, 1.82) is 0 Å². The molecule has 6 nitrogen and oxygen atoms in total. The molecular formula is C9H12N2O4S2. The highest BCUT2D eigenvalue weighted by Crippen LogP contribution is 2.20. The second kappa shape index (κ2) is 5.78. The van der Waals surface area contributed by atoms with Gasteiger partial charge in [0.15, 0.2) is 5.13 Å². The number of thiazole rings is 1. The normalized spacial score (nSPS) is 11.8. The quantitative estimate of drug-likeness (QED) is 0.765. The second-order valence-corrected chi connectivity index (χ2v) is 6.06. The lowest BCUT2D eigenvalue weighted by Gasteiger charge is -2.01. The van der Waals surface area contributed by atoms with Crippen molar-refractivity contribution in [2.75, 3.05) is 10.5 Å². The lowest BCUT2D eigenvalue weighted by molar-refractivity contribution is -0.131. The Morgan fingerprint density at radius 3 is 2.94 bits per heavy atom. The summed E-state index contributed by atoms with van der Waals surface area (Å²) < 4.78 is 25.2. The fraction of sp³-hybridized carbons (Fsp3) is 0.333. The van der Waals surface area contributed by atoms with Gasteiger partial charge in [-0.15, -0.1) is 0 Å². The standard InChI is InChI=1S/C9H12N2O4S2/c1-2-5-17(14,15)11-9-10-6-7(16-9)3-4-8(12)13/h3-4,6H,2,5H2,1H3,(H,10,11)(H,12,13). The predicted molar refractivity (Wildman–Crippen MR) is 66.5 cm³/mol. The molecule has 0 aliphatic rings. The van der Waals surface area contributed by atoms with Crippen molar-refractivity contribution in [3.63, 3.8) is 0 Å². The van der Waals surface area contributed by atoms with Crippen LogP contribution in [-0.4, -0.2) is 30.2 Å². The van der Waals surface area contributed by atoms with E-state index >= 15 is 0 Å². The van der Waals surface area contributed by atoms with Gasteiger partial charge in [0.1, 0.15) is 0 Å². The zero-order valence-electron chi connectivity index (χ0n) is 9.08. The average Bonchev–Trinajstić information content (AvgIpc) is 2.61. The lowest BCUT2D eigenvalue weighted by Crippen LogP contribution is -2.15. The van der Waals surface area contributed by atoms with E-state index in [1.54, 1.807) is 6.92 Å². The Morgan fingerprint density at radius 2 is 2.35 bits per heavy atom. The maximum atomic E-state index is 11.4. The van der Waals surface area contributed by atoms with Crippen LogP contribution in [0, 0.1) is 0 Å². The fourth-order valence-electron chi connectivity index (χ4n) is 1.02. The van der Waals surface area contributed by atoms with Crippen molar-refractivity contribution >= 4 is 38.5 Å². The molecule has 0 unspecified atom stereocenters. The first-order chi connectivity index (χ1) is 7.93. The van der Waals surface area contributed by atoms with Gasteiger partial charge in [0.05, 0.1) is 5.75 Å². The third kappa shape index (κ3) is 4.96. The summed E-state index contributed by atoms with van der Waals surface area (Å²) in [7, 11) is -3.35. The van der Waals surface area contributed by atoms with Gasteiger partial charge < -0.3 is 5.11 Å². The summed E-state index contributed by atoms with van der Waals surface area (Å²) in [5.41, 5.74) is 0. The van der Waals surface area contributed by atoms with Gasteiger partial charge in [-0.05, 0) is 12.5 Å². The summed E-state index contributed by atoms with van der Waals surface area (Å²) in [4.78, 5) is 14.7. The van der Waals surface area contributed by atoms with Crippen LogP contribution in [0.3, 0.4) is 0 Å². The molecule has 0 spiro atoms. The van der Waals surface area contributed by atoms with E-state index in [1.165, 1.54) is 12.3 Å². The minimum Gasteiger partial charge on any atom is -0.478 e. The van der Waals surface area contributed by atoms with E-state index in [1.807, 2.05) is 0 Å². The van der Waals surface area contributed by atoms with Crippen LogP contribution in [0.2, 0.25) is 0 Å². The van der Waals surface area contributed by atoms with Crippen molar-refractivity contribution in [2.24, 2.45) is 0 Å². The molecule has 1 aromatic rings. The maximum absolute atomic E-state index is 11.4. The molecule has 0 saturated carbocycles. The summed E-state index contributed by atoms with van der Waals surface area (Å²) in [5, 5.41) is 8.66. The molecule has 1 rings (SSSR count). The van der Waals surface area contributed by atoms with Crippen LogP contribution in [-0.2, 0) is 14.8 Å². The monoisotopic (exact) mass is 276 g/mol. The van der Waals surface area contributed by atoms with Crippen LogP contribution >= 0.6 is 11.3 Å². The predicted octanol–water partition coefficient (Wildman–Crippen LogP) is 1.39. The van der Waals surface area contributed by atoms with Crippen LogP contribution in [0.15, 0.2) is 12.3 Å². The Labute approximate surface area is 103 Å². The number of rotatable bonds is 6. The number of carboxylic acids is 1. The summed E-state index contributed by atoms with van der Waals surface area (Å²) in [6.07, 6.45) is 4.26. The molecule has 17 heavy (non-hydrogen) atoms. The van der Waals surface area contributed by atoms with E-state index in [-0.39, 0.29) is 10.9 Å². The van der Waals surface area contributed by atoms with Crippen molar-refractivity contribution in [3.05, 3.63) is 17.2 Å². The number of carboxylic acid groups (broad SMARTS) is 1. The van der Waals surface area contributed by atoms with Crippen molar-refractivity contribution < 1.29 is 18.3 Å². The first-order valence-electron chi connectivity index (χ1n) is 4.80. The molecule has 0 amide bonds. The molecule has 94 valence electrons. The summed E-state index contributed by atoms with van der Waals surface area (Å²) in [6.45, 7) is 1.77. The first-order valence-corrected chi connectivity index (χ1v) is 7.27. The van der Waals surface area contributed by atoms with E-state index < -0.39 is 16.0 Å². The number of sulfonamides is 1. The highest BCUT2D eigenvalue weighted by atomic mass is 32.2. The molecular weight excluding hydrogens is 264 g/mol. The van der Waals surface area contributed by atoms with Gasteiger partial charge in [-0.25, -0.2) is 18.2 Å². The molecule has 0 aromatic carbocycles. The van der Waals surface area contributed by atoms with Crippen LogP contribution in [0.25, 0.3) is 6.08 Å². The first kappa shape index (κ1) is 13.7. The molecule has 0 fully saturated rings. The number of aromatic nitrogens is 1. The van der Waals surface area contributed by atoms with Gasteiger partial charge in [-0.1, -0.05) is 18.3 Å². The Hall–Kier alpha value is -1.41. The van der Waals surface area contributed by atoms with Crippen LogP contribution in [0.5, 0.6) is 0 Å². The maximum Gasteiger partial charge on any atom is 0.328 e. The molecule has 1 aromatic heterocycles. The fourth-order valence-corrected chi connectivity index (χ4v) is 3.09. The number of nitrogens with one attached hydrogen (secondary N) is 1. The number of nitrogens with zero attached hydrogens (tertiary/aromatic N) is 1. The van der Waals surface area contributed by atoms with Gasteiger partial charge >= 0.3 is 5.97 Å². The SMILES string of the molecule is CCCS(=O)(=O)Nc1ncc(C=CC(=O)O)s1. The number of aliphatic carboxylic acids is 1. The van der Waals surface area contributed by atoms with Gasteiger partial charge in [-0.2, -0.15) is 0 Å². The molecule has 8 heteroatoms. The minimum atomic E-state index is -3.35. The summed E-state index contributed by atoms with van der Waals surface area (Å²) >= 11 is 1.08. The zero-order valence-corrected chi connectivity index (χ0v) is 10.7. The molecule has 0 aliphatic carbocycles. The second-order valence-electron chi connectivity index (χ2n) is 3.16. The van der Waals surface area contributed by atoms with E-state index in [2.05, 4.69) is 9.71 Å². The Bertz CT molecular complexity index is 519. The third-order valence-electron chi connectivity index (χ3n) is 1.63. The third-order valence-corrected chi connectivity index (χ3v) is 4.09. The van der Waals surface area contributed by atoms with Gasteiger partial charge in [0.25, 0.3) is 0 Å². The molecule has 2 N–H and O–H groups in total. The lowest BCUT2D eigenvalue weighted by atomic mass is 10.4. The van der Waals surface area contributed by atoms with Crippen LogP contribution < -0.4 is 4.72 Å². The summed E-state index contributed by atoms with van der Waals surface area (Å²) in [5.74, 6) is -1.03. The zero-order chi connectivity index (χ0) is 12.9. The van der Waals surface area contributed by atoms with E-state index in [4.69, 9.17) is 5.11 Å². The Balaban J connectivity index is 2.72. The molecule has 0 aliphatic heterocycles. The highest BCUT2D eigenvalue weighted by molar-refractivity contribution is 7.92. The van der Waals surface area contributed by atoms with E-state index in [9.17, 15) is 13.2 Å². The molecule has 1 heterocycles. The largest absolute Gasteiger partial charge is 0.478 e. The Morgan fingerprint density at radius 1 is 1.65 bits per heavy atom. The van der Waals surface area contributed by atoms with Crippen molar-refractivity contribution in [1.82, 2.24) is 4.98 Å². The average molecular weight is 276 g/mol. The number of anilines is 1. The van der Waals surface area contributed by atoms with Crippen LogP contribution in [0.4, 0.5) is 5.13 Å². The van der Waals surface area contributed by atoms with E-state index in [0.29, 0.717) is 11.3 Å².